The van der Waals surface area contributed by atoms with Gasteiger partial charge in [0, 0.05) is 25.9 Å². The topological polar surface area (TPSA) is 76.3 Å². The lowest BCUT2D eigenvalue weighted by Crippen LogP contribution is -2.31. The van der Waals surface area contributed by atoms with Gasteiger partial charge in [-0.15, -0.1) is 0 Å². The van der Waals surface area contributed by atoms with Crippen LogP contribution in [0.25, 0.3) is 0 Å². The van der Waals surface area contributed by atoms with E-state index in [1.54, 1.807) is 0 Å². The van der Waals surface area contributed by atoms with Crippen molar-refractivity contribution in [1.29, 1.82) is 0 Å². The maximum absolute atomic E-state index is 13.2. The molecule has 0 N–H and O–H groups in total. The van der Waals surface area contributed by atoms with E-state index in [9.17, 15) is 21.6 Å². The number of hydrogen-bond acceptors (Lipinski definition) is 5. The third-order valence-corrected chi connectivity index (χ3v) is 6.88. The van der Waals surface area contributed by atoms with Gasteiger partial charge < -0.3 is 4.52 Å². The molecular formula is C18H22F3N3O3S. The van der Waals surface area contributed by atoms with Crippen LogP contribution < -0.4 is 0 Å². The first-order valence-electron chi connectivity index (χ1n) is 9.14. The minimum Gasteiger partial charge on any atom is -0.339 e. The molecule has 0 spiro atoms. The van der Waals surface area contributed by atoms with Crippen LogP contribution in [0.15, 0.2) is 33.7 Å². The first kappa shape index (κ1) is 20.8. The molecule has 1 aromatic heterocycles. The first-order valence-corrected chi connectivity index (χ1v) is 10.6. The highest BCUT2D eigenvalue weighted by Crippen LogP contribution is 2.35. The Bertz CT molecular complexity index is 906. The molecule has 1 aliphatic rings. The number of nitrogens with zero attached hydrogens (tertiary/aromatic N) is 3. The number of rotatable bonds is 6. The van der Waals surface area contributed by atoms with E-state index in [0.717, 1.165) is 48.2 Å². The molecule has 3 rings (SSSR count). The minimum absolute atomic E-state index is 0.0574. The molecule has 1 aromatic carbocycles. The van der Waals surface area contributed by atoms with Gasteiger partial charge in [0.1, 0.15) is 0 Å². The van der Waals surface area contributed by atoms with Gasteiger partial charge in [-0.05, 0) is 25.0 Å². The normalized spacial score (nSPS) is 16.6. The number of benzene rings is 1. The molecule has 0 atom stereocenters. The number of likely N-dealkylation sites (N-methyl/N-ethyl adjacent to an activating group) is 1. The highest BCUT2D eigenvalue weighted by atomic mass is 32.2. The van der Waals surface area contributed by atoms with Crippen molar-refractivity contribution in [3.8, 4) is 0 Å². The number of alkyl halides is 3. The Labute approximate surface area is 161 Å². The monoisotopic (exact) mass is 417 g/mol. The zero-order valence-corrected chi connectivity index (χ0v) is 16.3. The van der Waals surface area contributed by atoms with Crippen LogP contribution in [0.5, 0.6) is 0 Å². The predicted octanol–water partition coefficient (Wildman–Crippen LogP) is 4.00. The van der Waals surface area contributed by atoms with Crippen molar-refractivity contribution in [2.24, 2.45) is 0 Å². The van der Waals surface area contributed by atoms with E-state index in [-0.39, 0.29) is 18.9 Å². The van der Waals surface area contributed by atoms with Crippen LogP contribution in [0.3, 0.4) is 0 Å². The van der Waals surface area contributed by atoms with Crippen molar-refractivity contribution < 1.29 is 26.1 Å². The fourth-order valence-electron chi connectivity index (χ4n) is 3.36. The quantitative estimate of drug-likeness (QED) is 0.710. The second-order valence-electron chi connectivity index (χ2n) is 6.95. The van der Waals surface area contributed by atoms with E-state index < -0.39 is 26.7 Å². The Morgan fingerprint density at radius 3 is 2.54 bits per heavy atom. The Morgan fingerprint density at radius 1 is 1.18 bits per heavy atom. The van der Waals surface area contributed by atoms with Crippen molar-refractivity contribution >= 4 is 10.0 Å². The summed E-state index contributed by atoms with van der Waals surface area (Å²) in [6.07, 6.45) is 0.797. The van der Waals surface area contributed by atoms with Crippen LogP contribution in [-0.4, -0.2) is 36.5 Å². The summed E-state index contributed by atoms with van der Waals surface area (Å²) in [4.78, 5) is 3.58. The third kappa shape index (κ3) is 4.54. The Morgan fingerprint density at radius 2 is 1.86 bits per heavy atom. The standard InChI is InChI=1S/C18H22F3N3O3S/c1-24(28(25,26)15-10-6-5-9-14(15)18(19,20)21)12-11-16-22-17(27-23-16)13-7-3-2-4-8-13/h5-6,9-10,13H,2-4,7-8,11-12H2,1H3. The second kappa shape index (κ2) is 8.20. The van der Waals surface area contributed by atoms with Crippen molar-refractivity contribution in [3.63, 3.8) is 0 Å². The van der Waals surface area contributed by atoms with Crippen molar-refractivity contribution in [2.75, 3.05) is 13.6 Å². The smallest absolute Gasteiger partial charge is 0.339 e. The lowest BCUT2D eigenvalue weighted by atomic mass is 9.89. The number of hydrogen-bond donors (Lipinski definition) is 0. The van der Waals surface area contributed by atoms with Gasteiger partial charge in [0.05, 0.1) is 10.5 Å². The largest absolute Gasteiger partial charge is 0.417 e. The molecular weight excluding hydrogens is 395 g/mol. The Hall–Kier alpha value is -1.94. The molecule has 10 heteroatoms. The molecule has 0 radical (unpaired) electrons. The molecule has 0 saturated heterocycles. The highest BCUT2D eigenvalue weighted by Gasteiger charge is 2.38. The van der Waals surface area contributed by atoms with Crippen molar-refractivity contribution in [1.82, 2.24) is 14.4 Å². The van der Waals surface area contributed by atoms with Gasteiger partial charge >= 0.3 is 6.18 Å². The Kier molecular flexibility index (Phi) is 6.09. The number of aromatic nitrogens is 2. The number of sulfonamides is 1. The van der Waals surface area contributed by atoms with Crippen LogP contribution in [0.2, 0.25) is 0 Å². The molecule has 1 fully saturated rings. The molecule has 1 saturated carbocycles. The molecule has 154 valence electrons. The van der Waals surface area contributed by atoms with E-state index in [2.05, 4.69) is 10.1 Å². The van der Waals surface area contributed by atoms with E-state index in [1.807, 2.05) is 0 Å². The fraction of sp³-hybridized carbons (Fsp3) is 0.556. The highest BCUT2D eigenvalue weighted by molar-refractivity contribution is 7.89. The van der Waals surface area contributed by atoms with E-state index in [1.165, 1.54) is 19.5 Å². The van der Waals surface area contributed by atoms with E-state index >= 15 is 0 Å². The summed E-state index contributed by atoms with van der Waals surface area (Å²) in [5.74, 6) is 1.14. The average molecular weight is 417 g/mol. The van der Waals surface area contributed by atoms with E-state index in [4.69, 9.17) is 4.52 Å². The predicted molar refractivity (Wildman–Crippen MR) is 95.1 cm³/mol. The minimum atomic E-state index is -4.76. The SMILES string of the molecule is CN(CCc1noc(C2CCCCC2)n1)S(=O)(=O)c1ccccc1C(F)(F)F. The average Bonchev–Trinajstić information content (AvgIpc) is 3.15. The van der Waals surface area contributed by atoms with Crippen LogP contribution >= 0.6 is 0 Å². The van der Waals surface area contributed by atoms with Gasteiger partial charge in [0.2, 0.25) is 15.9 Å². The fourth-order valence-corrected chi connectivity index (χ4v) is 4.74. The summed E-state index contributed by atoms with van der Waals surface area (Å²) in [7, 11) is -3.07. The second-order valence-corrected chi connectivity index (χ2v) is 8.97. The van der Waals surface area contributed by atoms with Gasteiger partial charge in [-0.3, -0.25) is 0 Å². The summed E-state index contributed by atoms with van der Waals surface area (Å²) in [6.45, 7) is -0.0574. The molecule has 0 amide bonds. The molecule has 2 aromatic rings. The van der Waals surface area contributed by atoms with Crippen LogP contribution in [-0.2, 0) is 22.6 Å². The van der Waals surface area contributed by atoms with Crippen molar-refractivity contribution in [2.45, 2.75) is 55.5 Å². The van der Waals surface area contributed by atoms with Crippen LogP contribution in [0, 0.1) is 0 Å². The zero-order valence-electron chi connectivity index (χ0n) is 15.4. The van der Waals surface area contributed by atoms with Gasteiger partial charge in [0.15, 0.2) is 5.82 Å². The summed E-state index contributed by atoms with van der Waals surface area (Å²) in [5, 5.41) is 3.89. The molecule has 0 bridgehead atoms. The number of halogens is 3. The van der Waals surface area contributed by atoms with Gasteiger partial charge in [-0.1, -0.05) is 36.6 Å². The molecule has 6 nitrogen and oxygen atoms in total. The first-order chi connectivity index (χ1) is 13.2. The maximum Gasteiger partial charge on any atom is 0.417 e. The summed E-state index contributed by atoms with van der Waals surface area (Å²) in [5.41, 5.74) is -1.18. The van der Waals surface area contributed by atoms with E-state index in [0.29, 0.717) is 11.7 Å². The van der Waals surface area contributed by atoms with Crippen LogP contribution in [0.1, 0.15) is 55.3 Å². The van der Waals surface area contributed by atoms with Gasteiger partial charge in [-0.2, -0.15) is 18.2 Å². The van der Waals surface area contributed by atoms with Crippen LogP contribution in [0.4, 0.5) is 13.2 Å². The lowest BCUT2D eigenvalue weighted by Gasteiger charge is -2.19. The molecule has 1 heterocycles. The lowest BCUT2D eigenvalue weighted by molar-refractivity contribution is -0.139. The molecule has 1 aliphatic carbocycles. The molecule has 0 aliphatic heterocycles. The Balaban J connectivity index is 1.70. The third-order valence-electron chi connectivity index (χ3n) is 4.97. The summed E-state index contributed by atoms with van der Waals surface area (Å²) >= 11 is 0. The van der Waals surface area contributed by atoms with Gasteiger partial charge in [0.25, 0.3) is 0 Å². The molecule has 28 heavy (non-hydrogen) atoms. The summed E-state index contributed by atoms with van der Waals surface area (Å²) in [6, 6.07) is 4.15. The maximum atomic E-state index is 13.2. The molecule has 0 unspecified atom stereocenters. The van der Waals surface area contributed by atoms with Crippen molar-refractivity contribution in [3.05, 3.63) is 41.5 Å². The summed E-state index contributed by atoms with van der Waals surface area (Å²) < 4.78 is 70.9. The zero-order chi connectivity index (χ0) is 20.4. The van der Waals surface area contributed by atoms with Gasteiger partial charge in [-0.25, -0.2) is 12.7 Å².